The fourth-order valence-electron chi connectivity index (χ4n) is 2.98. The Kier molecular flexibility index (Phi) is 14.7. The summed E-state index contributed by atoms with van der Waals surface area (Å²) >= 11 is 5.67. The third-order valence-electron chi connectivity index (χ3n) is 5.65. The van der Waals surface area contributed by atoms with Crippen molar-refractivity contribution in [1.29, 1.82) is 0 Å². The Morgan fingerprint density at radius 3 is 2.10 bits per heavy atom. The first-order valence-corrected chi connectivity index (χ1v) is 12.5. The van der Waals surface area contributed by atoms with Gasteiger partial charge in [-0.25, -0.2) is 0 Å². The summed E-state index contributed by atoms with van der Waals surface area (Å²) in [7, 11) is 0. The minimum Gasteiger partial charge on any atom is -0.480 e. The lowest BCUT2D eigenvalue weighted by atomic mass is 9.93. The van der Waals surface area contributed by atoms with Gasteiger partial charge in [0, 0.05) is 12.3 Å². The van der Waals surface area contributed by atoms with Crippen molar-refractivity contribution in [3.8, 4) is 0 Å². The Labute approximate surface area is 190 Å². The molecule has 2 amide bonds. The van der Waals surface area contributed by atoms with Crippen LogP contribution in [0.1, 0.15) is 47.0 Å². The van der Waals surface area contributed by atoms with E-state index >= 15 is 0 Å². The van der Waals surface area contributed by atoms with Crippen LogP contribution < -0.4 is 16.8 Å². The van der Waals surface area contributed by atoms with Gasteiger partial charge in [-0.1, -0.05) is 40.5 Å². The second kappa shape index (κ2) is 15.1. The van der Waals surface area contributed by atoms with Gasteiger partial charge in [0.15, 0.2) is 0 Å². The minimum absolute atomic E-state index is 0.0726. The highest BCUT2D eigenvalue weighted by Gasteiger charge is 2.38. The number of carbonyl (C=O) groups is 3. The van der Waals surface area contributed by atoms with Gasteiger partial charge in [-0.2, -0.15) is 24.4 Å². The number of imide groups is 1. The molecule has 0 aliphatic rings. The number of carboxylic acids is 1. The summed E-state index contributed by atoms with van der Waals surface area (Å²) < 4.78 is 0. The van der Waals surface area contributed by atoms with Gasteiger partial charge in [0.1, 0.15) is 6.04 Å². The summed E-state index contributed by atoms with van der Waals surface area (Å²) in [6, 6.07) is -3.12. The zero-order valence-corrected chi connectivity index (χ0v) is 20.5. The molecule has 8 nitrogen and oxygen atoms in total. The molecule has 2 unspecified atom stereocenters. The van der Waals surface area contributed by atoms with E-state index in [4.69, 9.17) is 11.5 Å². The molecule has 0 aliphatic heterocycles. The van der Waals surface area contributed by atoms with Crippen LogP contribution >= 0.6 is 24.4 Å². The number of aliphatic carboxylic acids is 1. The average Bonchev–Trinajstić information content (AvgIpc) is 2.74. The minimum atomic E-state index is -0.959. The first-order chi connectivity index (χ1) is 14.1. The zero-order chi connectivity index (χ0) is 23.4. The van der Waals surface area contributed by atoms with Crippen molar-refractivity contribution in [2.75, 3.05) is 24.3 Å². The molecule has 0 spiro atoms. The Morgan fingerprint density at radius 1 is 1.10 bits per heavy atom. The van der Waals surface area contributed by atoms with E-state index in [0.29, 0.717) is 25.0 Å². The fraction of sp³-hybridized carbons (Fsp3) is 0.850. The standard InChI is InChI=1S/C20H40N4O4S2/c1-6-12(3)16(10-23-15(20(27)28)8-9-30-5)24(18(25)14(21)11-29)19(26)17(22)13(4)7-2/h12-17,23,29H,6-11,21-22H2,1-5H3,(H,27,28)/t12?,13-,14-,15-,16?,17-/m0/s1. The molecule has 0 aromatic heterocycles. The number of thioether (sulfide) groups is 1. The zero-order valence-electron chi connectivity index (χ0n) is 18.8. The van der Waals surface area contributed by atoms with Crippen LogP contribution in [0.3, 0.4) is 0 Å². The van der Waals surface area contributed by atoms with Gasteiger partial charge in [-0.3, -0.25) is 19.3 Å². The van der Waals surface area contributed by atoms with E-state index in [0.717, 1.165) is 0 Å². The number of thiol groups is 1. The van der Waals surface area contributed by atoms with Crippen molar-refractivity contribution in [2.24, 2.45) is 23.3 Å². The van der Waals surface area contributed by atoms with Crippen LogP contribution in [0.5, 0.6) is 0 Å². The number of rotatable bonds is 15. The van der Waals surface area contributed by atoms with Crippen molar-refractivity contribution in [2.45, 2.75) is 71.1 Å². The van der Waals surface area contributed by atoms with Crippen molar-refractivity contribution in [3.05, 3.63) is 0 Å². The van der Waals surface area contributed by atoms with Gasteiger partial charge in [-0.15, -0.1) is 0 Å². The Balaban J connectivity index is 5.90. The third-order valence-corrected chi connectivity index (χ3v) is 6.68. The molecule has 0 aromatic carbocycles. The molecular weight excluding hydrogens is 424 g/mol. The van der Waals surface area contributed by atoms with E-state index in [1.54, 1.807) is 11.8 Å². The van der Waals surface area contributed by atoms with Crippen LogP contribution in [0.2, 0.25) is 0 Å². The van der Waals surface area contributed by atoms with Gasteiger partial charge < -0.3 is 21.9 Å². The topological polar surface area (TPSA) is 139 Å². The molecule has 0 saturated heterocycles. The molecule has 0 fully saturated rings. The summed E-state index contributed by atoms with van der Waals surface area (Å²) in [5, 5.41) is 12.6. The summed E-state index contributed by atoms with van der Waals surface area (Å²) in [5.74, 6) is -1.38. The van der Waals surface area contributed by atoms with Crippen LogP contribution in [0.15, 0.2) is 0 Å². The maximum Gasteiger partial charge on any atom is 0.320 e. The molecule has 30 heavy (non-hydrogen) atoms. The summed E-state index contributed by atoms with van der Waals surface area (Å²) in [6.07, 6.45) is 3.74. The van der Waals surface area contributed by atoms with E-state index in [1.165, 1.54) is 4.90 Å². The fourth-order valence-corrected chi connectivity index (χ4v) is 3.61. The smallest absolute Gasteiger partial charge is 0.320 e. The molecule has 6 atom stereocenters. The highest BCUT2D eigenvalue weighted by molar-refractivity contribution is 7.98. The van der Waals surface area contributed by atoms with Crippen molar-refractivity contribution < 1.29 is 19.5 Å². The Bertz CT molecular complexity index is 553. The monoisotopic (exact) mass is 464 g/mol. The quantitative estimate of drug-likeness (QED) is 0.228. The lowest BCUT2D eigenvalue weighted by Gasteiger charge is -2.38. The Morgan fingerprint density at radius 2 is 1.67 bits per heavy atom. The number of hydrogen-bond donors (Lipinski definition) is 5. The highest BCUT2D eigenvalue weighted by atomic mass is 32.2. The van der Waals surface area contributed by atoms with Gasteiger partial charge in [0.05, 0.1) is 18.1 Å². The number of carboxylic acid groups (broad SMARTS) is 1. The number of hydrogen-bond acceptors (Lipinski definition) is 8. The number of carbonyl (C=O) groups excluding carboxylic acids is 2. The molecule has 0 aromatic rings. The van der Waals surface area contributed by atoms with Crippen molar-refractivity contribution in [3.63, 3.8) is 0 Å². The predicted molar refractivity (Wildman–Crippen MR) is 127 cm³/mol. The van der Waals surface area contributed by atoms with E-state index in [-0.39, 0.29) is 24.1 Å². The molecule has 0 aliphatic carbocycles. The maximum atomic E-state index is 13.3. The van der Waals surface area contributed by atoms with Crippen LogP contribution in [-0.2, 0) is 14.4 Å². The van der Waals surface area contributed by atoms with Crippen LogP contribution in [0.4, 0.5) is 0 Å². The first-order valence-electron chi connectivity index (χ1n) is 10.5. The molecule has 0 saturated carbocycles. The predicted octanol–water partition coefficient (Wildman–Crippen LogP) is 1.18. The maximum absolute atomic E-state index is 13.3. The largest absolute Gasteiger partial charge is 0.480 e. The van der Waals surface area contributed by atoms with Crippen molar-refractivity contribution in [1.82, 2.24) is 10.2 Å². The average molecular weight is 465 g/mol. The number of nitrogens with zero attached hydrogens (tertiary/aromatic N) is 1. The molecule has 10 heteroatoms. The van der Waals surface area contributed by atoms with Gasteiger partial charge in [0.25, 0.3) is 0 Å². The summed E-state index contributed by atoms with van der Waals surface area (Å²) in [5.41, 5.74) is 12.1. The Hall–Kier alpha value is -0.810. The van der Waals surface area contributed by atoms with Crippen molar-refractivity contribution >= 4 is 42.2 Å². The summed E-state index contributed by atoms with van der Waals surface area (Å²) in [6.45, 7) is 7.84. The number of nitrogens with two attached hydrogens (primary N) is 2. The molecule has 0 radical (unpaired) electrons. The molecule has 6 N–H and O–H groups in total. The van der Waals surface area contributed by atoms with Gasteiger partial charge in [0.2, 0.25) is 11.8 Å². The van der Waals surface area contributed by atoms with Gasteiger partial charge >= 0.3 is 5.97 Å². The molecule has 0 bridgehead atoms. The van der Waals surface area contributed by atoms with E-state index in [2.05, 4.69) is 17.9 Å². The SMILES string of the molecule is CCC(C)C(CN[C@@H](CCSC)C(=O)O)N(C(=O)[C@@H](N)[C@@H](C)CC)C(=O)[C@@H](N)CS. The third kappa shape index (κ3) is 8.74. The second-order valence-electron chi connectivity index (χ2n) is 7.78. The summed E-state index contributed by atoms with van der Waals surface area (Å²) in [4.78, 5) is 39.1. The number of nitrogens with one attached hydrogen (secondary N) is 1. The van der Waals surface area contributed by atoms with Gasteiger partial charge in [-0.05, 0) is 30.3 Å². The molecule has 176 valence electrons. The normalized spacial score (nSPS) is 17.5. The molecule has 0 rings (SSSR count). The van der Waals surface area contributed by atoms with Crippen LogP contribution in [-0.4, -0.2) is 76.3 Å². The second-order valence-corrected chi connectivity index (χ2v) is 9.13. The highest BCUT2D eigenvalue weighted by Crippen LogP contribution is 2.20. The van der Waals surface area contributed by atoms with E-state index < -0.39 is 42.0 Å². The van der Waals surface area contributed by atoms with Crippen LogP contribution in [0.25, 0.3) is 0 Å². The lowest BCUT2D eigenvalue weighted by molar-refractivity contribution is -0.151. The molecular formula is C20H40N4O4S2. The van der Waals surface area contributed by atoms with E-state index in [9.17, 15) is 19.5 Å². The van der Waals surface area contributed by atoms with Crippen LogP contribution in [0, 0.1) is 11.8 Å². The lowest BCUT2D eigenvalue weighted by Crippen LogP contribution is -2.61. The molecule has 0 heterocycles. The van der Waals surface area contributed by atoms with E-state index in [1.807, 2.05) is 34.0 Å². The first kappa shape index (κ1) is 29.2. The number of amides is 2.